The zero-order valence-corrected chi connectivity index (χ0v) is 40.0. The summed E-state index contributed by atoms with van der Waals surface area (Å²) < 4.78 is 35.3. The van der Waals surface area contributed by atoms with Gasteiger partial charge in [0, 0.05) is 5.41 Å². The van der Waals surface area contributed by atoms with Gasteiger partial charge in [-0.05, 0) is 97.2 Å². The van der Waals surface area contributed by atoms with Gasteiger partial charge >= 0.3 is 5.97 Å². The highest BCUT2D eigenvalue weighted by Gasteiger charge is 2.71. The Hall–Kier alpha value is -1.51. The third kappa shape index (κ3) is 8.07. The minimum atomic E-state index is -1.87. The minimum absolute atomic E-state index is 0.0177. The number of allylic oxidation sites excluding steroid dienone is 2. The van der Waals surface area contributed by atoms with Crippen molar-refractivity contribution in [2.45, 2.75) is 204 Å². The van der Waals surface area contributed by atoms with Gasteiger partial charge in [-0.1, -0.05) is 53.2 Å². The van der Waals surface area contributed by atoms with Gasteiger partial charge in [-0.3, -0.25) is 4.79 Å². The van der Waals surface area contributed by atoms with Crippen LogP contribution in [0.25, 0.3) is 0 Å². The van der Waals surface area contributed by atoms with E-state index in [0.29, 0.717) is 38.5 Å². The van der Waals surface area contributed by atoms with E-state index in [2.05, 4.69) is 40.7 Å². The van der Waals surface area contributed by atoms with Crippen molar-refractivity contribution in [3.05, 3.63) is 11.6 Å². The monoisotopic (exact) mass is 975 g/mol. The van der Waals surface area contributed by atoms with Gasteiger partial charge < -0.3 is 94.8 Å². The standard InChI is InChI=1S/C48H78O20/c1-43(2)11-13-48(42(62)68-40-35(60)33(58)30(55)25(18-50)64-40)14-12-46(5)21(22(48)15-43)7-8-28-44(3)16-23(53)38(45(4,20-52)27(44)9-10-47(28,46)6)67-41-36(61)37(31(56)26(19-51)65-41)66-39-34(59)32(57)29(54)24(17-49)63-39/h7,22-41,49-61H,8-20H2,1-6H3/t22-,23-,24+,25+,26+,27+,28+,29-,30+,31+,32-,33-,34+,35+,36+,37-,38-,39-,40-,41-,44-,45-,46+,47+,48-/m0/s1. The highest BCUT2D eigenvalue weighted by Crippen LogP contribution is 2.76. The average molecular weight is 975 g/mol. The van der Waals surface area contributed by atoms with E-state index in [9.17, 15) is 71.2 Å². The number of hydrogen-bond acceptors (Lipinski definition) is 20. The van der Waals surface area contributed by atoms with Crippen molar-refractivity contribution in [2.75, 3.05) is 26.4 Å². The number of aliphatic hydroxyl groups excluding tert-OH is 13. The Kier molecular flexibility index (Phi) is 14.6. The molecule has 0 aromatic rings. The SMILES string of the molecule is CC1(C)CC[C@]2(C(=O)O[C@@H]3O[C@H](CO)[C@@H](O)[C@H](O)[C@H]3O)CC[C@]3(C)C(=CC[C@@H]4[C@@]5(C)C[C@H](O)[C@H](O[C@@H]6O[C@H](CO)[C@@H](O)[C@H](O[C@@H]7O[C@H](CO)[C@H](O)[C@H](O)[C@H]7O)[C@H]6O)[C@@](C)(CO)[C@@H]5CC[C@]43C)[C@@H]2C1. The van der Waals surface area contributed by atoms with Gasteiger partial charge in [0.1, 0.15) is 73.2 Å². The highest BCUT2D eigenvalue weighted by atomic mass is 16.7. The van der Waals surface area contributed by atoms with Gasteiger partial charge in [0.05, 0.1) is 44.1 Å². The first-order valence-corrected chi connectivity index (χ1v) is 24.6. The molecule has 0 amide bonds. The van der Waals surface area contributed by atoms with Gasteiger partial charge in [0.2, 0.25) is 6.29 Å². The molecule has 20 nitrogen and oxygen atoms in total. The Morgan fingerprint density at radius 3 is 1.75 bits per heavy atom. The average Bonchev–Trinajstić information content (AvgIpc) is 3.29. The molecule has 3 saturated heterocycles. The molecule has 25 atom stereocenters. The molecular formula is C48H78O20. The zero-order valence-electron chi connectivity index (χ0n) is 40.0. The molecule has 4 saturated carbocycles. The molecule has 0 spiro atoms. The van der Waals surface area contributed by atoms with Crippen molar-refractivity contribution < 1.29 is 99.6 Å². The molecule has 68 heavy (non-hydrogen) atoms. The van der Waals surface area contributed by atoms with E-state index < -0.39 is 158 Å². The van der Waals surface area contributed by atoms with Crippen LogP contribution < -0.4 is 0 Å². The van der Waals surface area contributed by atoms with Crippen LogP contribution in [0.15, 0.2) is 11.6 Å². The normalized spacial score (nSPS) is 54.6. The second-order valence-electron chi connectivity index (χ2n) is 23.5. The van der Waals surface area contributed by atoms with Crippen molar-refractivity contribution in [3.8, 4) is 0 Å². The summed E-state index contributed by atoms with van der Waals surface area (Å²) in [6.45, 7) is 10.4. The molecule has 0 unspecified atom stereocenters. The van der Waals surface area contributed by atoms with Crippen LogP contribution in [0.2, 0.25) is 0 Å². The summed E-state index contributed by atoms with van der Waals surface area (Å²) in [5, 5.41) is 140. The zero-order chi connectivity index (χ0) is 49.8. The minimum Gasteiger partial charge on any atom is -0.432 e. The fourth-order valence-corrected chi connectivity index (χ4v) is 15.2. The van der Waals surface area contributed by atoms with E-state index >= 15 is 0 Å². The molecule has 5 aliphatic carbocycles. The number of hydrogen-bond donors (Lipinski definition) is 13. The molecule has 0 bridgehead atoms. The lowest BCUT2D eigenvalue weighted by atomic mass is 9.33. The fraction of sp³-hybridized carbons (Fsp3) is 0.938. The van der Waals surface area contributed by atoms with E-state index in [-0.39, 0.29) is 35.0 Å². The lowest BCUT2D eigenvalue weighted by molar-refractivity contribution is -0.375. The first-order chi connectivity index (χ1) is 31.8. The van der Waals surface area contributed by atoms with Crippen molar-refractivity contribution in [1.29, 1.82) is 0 Å². The Bertz CT molecular complexity index is 1850. The third-order valence-electron chi connectivity index (χ3n) is 19.4. The summed E-state index contributed by atoms with van der Waals surface area (Å²) in [6, 6.07) is 0. The number of carbonyl (C=O) groups is 1. The molecular weight excluding hydrogens is 897 g/mol. The van der Waals surface area contributed by atoms with E-state index in [1.165, 1.54) is 5.57 Å². The molecule has 0 aromatic carbocycles. The van der Waals surface area contributed by atoms with Gasteiger partial charge in [-0.25, -0.2) is 0 Å². The summed E-state index contributed by atoms with van der Waals surface area (Å²) >= 11 is 0. The van der Waals surface area contributed by atoms with Crippen LogP contribution >= 0.6 is 0 Å². The van der Waals surface area contributed by atoms with Crippen molar-refractivity contribution in [1.82, 2.24) is 0 Å². The summed E-state index contributed by atoms with van der Waals surface area (Å²) in [6.07, 6.45) is -19.4. The van der Waals surface area contributed by atoms with Gasteiger partial charge in [-0.15, -0.1) is 0 Å². The van der Waals surface area contributed by atoms with E-state index in [4.69, 9.17) is 28.4 Å². The smallest absolute Gasteiger partial charge is 0.315 e. The molecule has 0 aromatic heterocycles. The predicted molar refractivity (Wildman–Crippen MR) is 233 cm³/mol. The van der Waals surface area contributed by atoms with Crippen LogP contribution in [-0.4, -0.2) is 203 Å². The lowest BCUT2D eigenvalue weighted by Crippen LogP contribution is -2.70. The molecule has 3 heterocycles. The molecule has 7 fully saturated rings. The summed E-state index contributed by atoms with van der Waals surface area (Å²) in [5.74, 6) is -1.04. The molecule has 390 valence electrons. The second-order valence-corrected chi connectivity index (χ2v) is 23.5. The van der Waals surface area contributed by atoms with Crippen molar-refractivity contribution in [2.24, 2.45) is 50.2 Å². The second kappa shape index (κ2) is 18.8. The van der Waals surface area contributed by atoms with E-state index in [0.717, 1.165) is 12.8 Å². The van der Waals surface area contributed by atoms with Gasteiger partial charge in [0.15, 0.2) is 12.6 Å². The number of rotatable bonds is 10. The first kappa shape index (κ1) is 52.8. The predicted octanol–water partition coefficient (Wildman–Crippen LogP) is -1.92. The van der Waals surface area contributed by atoms with E-state index in [1.54, 1.807) is 0 Å². The summed E-state index contributed by atoms with van der Waals surface area (Å²) in [4.78, 5) is 14.7. The van der Waals surface area contributed by atoms with Crippen LogP contribution in [0.1, 0.15) is 99.3 Å². The lowest BCUT2D eigenvalue weighted by Gasteiger charge is -2.72. The van der Waals surface area contributed by atoms with Crippen LogP contribution in [-0.2, 0) is 33.2 Å². The maximum absolute atomic E-state index is 14.7. The van der Waals surface area contributed by atoms with Crippen LogP contribution in [0.3, 0.4) is 0 Å². The Morgan fingerprint density at radius 2 is 1.16 bits per heavy atom. The van der Waals surface area contributed by atoms with E-state index in [1.807, 2.05) is 6.92 Å². The quantitative estimate of drug-likeness (QED) is 0.0645. The van der Waals surface area contributed by atoms with Crippen LogP contribution in [0.4, 0.5) is 0 Å². The summed E-state index contributed by atoms with van der Waals surface area (Å²) in [7, 11) is 0. The Balaban J connectivity index is 1.05. The molecule has 20 heteroatoms. The number of carbonyl (C=O) groups excluding carboxylic acids is 1. The molecule has 8 aliphatic rings. The fourth-order valence-electron chi connectivity index (χ4n) is 15.2. The number of aliphatic hydroxyl groups is 13. The largest absolute Gasteiger partial charge is 0.432 e. The molecule has 8 rings (SSSR count). The number of ether oxygens (including phenoxy) is 6. The van der Waals surface area contributed by atoms with Crippen molar-refractivity contribution in [3.63, 3.8) is 0 Å². The number of esters is 1. The Labute approximate surface area is 396 Å². The molecule has 3 aliphatic heterocycles. The molecule has 0 radical (unpaired) electrons. The Morgan fingerprint density at radius 1 is 0.618 bits per heavy atom. The van der Waals surface area contributed by atoms with Crippen LogP contribution in [0.5, 0.6) is 0 Å². The maximum atomic E-state index is 14.7. The highest BCUT2D eigenvalue weighted by molar-refractivity contribution is 5.79. The van der Waals surface area contributed by atoms with Crippen molar-refractivity contribution >= 4 is 5.97 Å². The van der Waals surface area contributed by atoms with Gasteiger partial charge in [-0.2, -0.15) is 0 Å². The topological polar surface area (TPSA) is 335 Å². The first-order valence-electron chi connectivity index (χ1n) is 24.6. The maximum Gasteiger partial charge on any atom is 0.315 e. The van der Waals surface area contributed by atoms with Gasteiger partial charge in [0.25, 0.3) is 0 Å². The van der Waals surface area contributed by atoms with Crippen LogP contribution in [0, 0.1) is 50.2 Å². The third-order valence-corrected chi connectivity index (χ3v) is 19.4. The number of fused-ring (bicyclic) bond motifs is 7. The summed E-state index contributed by atoms with van der Waals surface area (Å²) in [5.41, 5.74) is -2.41. The molecule has 13 N–H and O–H groups in total.